The van der Waals surface area contributed by atoms with Crippen molar-refractivity contribution in [1.29, 1.82) is 0 Å². The van der Waals surface area contributed by atoms with Gasteiger partial charge in [-0.05, 0) is 127 Å². The van der Waals surface area contributed by atoms with Gasteiger partial charge in [0.1, 0.15) is 48.9 Å². The summed E-state index contributed by atoms with van der Waals surface area (Å²) in [5.41, 5.74) is 7.01. The lowest BCUT2D eigenvalue weighted by Crippen LogP contribution is -2.58. The summed E-state index contributed by atoms with van der Waals surface area (Å²) in [6, 6.07) is 22.1. The zero-order chi connectivity index (χ0) is 71.8. The van der Waals surface area contributed by atoms with Crippen LogP contribution >= 0.6 is 11.3 Å². The fraction of sp³-hybridized carbons (Fsp3) is 0.547. The second-order valence-electron chi connectivity index (χ2n) is 26.7. The molecule has 0 unspecified atom stereocenters. The first-order valence-electron chi connectivity index (χ1n) is 34.9. The summed E-state index contributed by atoms with van der Waals surface area (Å²) in [5.74, 6) is 0.727. The topological polar surface area (TPSA) is 281 Å². The van der Waals surface area contributed by atoms with E-state index in [1.165, 1.54) is 4.90 Å². The van der Waals surface area contributed by atoms with Crippen molar-refractivity contribution in [3.8, 4) is 44.9 Å². The summed E-state index contributed by atoms with van der Waals surface area (Å²) in [5, 5.41) is 24.9. The number of amides is 4. The van der Waals surface area contributed by atoms with Crippen LogP contribution in [0.2, 0.25) is 0 Å². The van der Waals surface area contributed by atoms with Gasteiger partial charge in [0.25, 0.3) is 0 Å². The molecular weight excluding hydrogens is 1320 g/mol. The average Bonchev–Trinajstić information content (AvgIpc) is 1.75. The lowest BCUT2D eigenvalue weighted by atomic mass is 9.75. The minimum absolute atomic E-state index is 0.0346. The zero-order valence-electron chi connectivity index (χ0n) is 59.7. The number of nitrogens with one attached hydrogen (secondary N) is 2. The molecule has 6 aromatic rings. The Morgan fingerprint density at radius 3 is 2.03 bits per heavy atom. The van der Waals surface area contributed by atoms with Gasteiger partial charge < -0.3 is 77.6 Å². The number of piperidine rings is 1. The number of ether oxygens (including phenoxy) is 11. The summed E-state index contributed by atoms with van der Waals surface area (Å²) >= 11 is 1.57. The van der Waals surface area contributed by atoms with E-state index in [0.29, 0.717) is 106 Å². The van der Waals surface area contributed by atoms with E-state index in [-0.39, 0.29) is 63.7 Å². The molecule has 1 aliphatic carbocycles. The van der Waals surface area contributed by atoms with E-state index in [1.807, 2.05) is 112 Å². The minimum Gasteiger partial charge on any atom is -0.493 e. The van der Waals surface area contributed by atoms with Gasteiger partial charge in [-0.15, -0.1) is 16.4 Å². The van der Waals surface area contributed by atoms with E-state index in [2.05, 4.69) is 25.9 Å². The van der Waals surface area contributed by atoms with Crippen LogP contribution in [0.4, 0.5) is 0 Å². The molecule has 26 heteroatoms. The van der Waals surface area contributed by atoms with Gasteiger partial charge in [-0.25, -0.2) is 14.5 Å². The molecule has 6 atom stereocenters. The molecule has 2 aliphatic heterocycles. The van der Waals surface area contributed by atoms with Crippen LogP contribution < -0.4 is 39.1 Å². The molecule has 4 amide bonds. The van der Waals surface area contributed by atoms with E-state index in [1.54, 1.807) is 62.7 Å². The number of thiazole rings is 1. The number of aromatic nitrogens is 4. The van der Waals surface area contributed by atoms with Crippen molar-refractivity contribution in [2.75, 3.05) is 101 Å². The second-order valence-corrected chi connectivity index (χ2v) is 27.6. The van der Waals surface area contributed by atoms with E-state index < -0.39 is 59.5 Å². The molecule has 25 nitrogen and oxygen atoms in total. The maximum atomic E-state index is 15.3. The maximum Gasteiger partial charge on any atom is 0.329 e. The third-order valence-corrected chi connectivity index (χ3v) is 19.6. The molecule has 3 aliphatic rings. The van der Waals surface area contributed by atoms with Crippen LogP contribution in [0.3, 0.4) is 0 Å². The molecule has 1 saturated carbocycles. The van der Waals surface area contributed by atoms with Crippen LogP contribution in [0.5, 0.6) is 34.5 Å². The van der Waals surface area contributed by atoms with E-state index >= 15 is 4.79 Å². The first-order valence-corrected chi connectivity index (χ1v) is 35.8. The number of rotatable bonds is 37. The molecule has 0 spiro atoms. The number of aliphatic hydroxyl groups is 1. The average molecular weight is 1420 g/mol. The van der Waals surface area contributed by atoms with Crippen molar-refractivity contribution >= 4 is 40.9 Å². The molecule has 4 aromatic carbocycles. The Balaban J connectivity index is 0.690. The van der Waals surface area contributed by atoms with Gasteiger partial charge in [-0.3, -0.25) is 19.2 Å². The Labute approximate surface area is 596 Å². The summed E-state index contributed by atoms with van der Waals surface area (Å²) in [6.07, 6.45) is 8.12. The molecule has 3 fully saturated rings. The predicted octanol–water partition coefficient (Wildman–Crippen LogP) is 9.17. The number of carbonyl (C=O) groups excluding carboxylic acids is 5. The van der Waals surface area contributed by atoms with E-state index in [9.17, 15) is 24.3 Å². The van der Waals surface area contributed by atoms with Crippen molar-refractivity contribution in [3.05, 3.63) is 124 Å². The van der Waals surface area contributed by atoms with Crippen LogP contribution in [0, 0.1) is 18.3 Å². The van der Waals surface area contributed by atoms with Crippen molar-refractivity contribution in [2.24, 2.45) is 11.3 Å². The molecule has 548 valence electrons. The SMILES string of the molecule is COc1ccc(CC[C@H](OC(=O)[C@H]2CCCCN2C(=O)[C@H](c2cc(OC)c(OC)c(OC)c2)C2CCCCC2)c2cccc(OCc3cn(CCOCCOCCOCCOCC(=O)N[C@H](C(=O)N4C[C@H](O)C[C@H]4C(=O)NCc4ccc(-c5scnc5C)cc4)C(C)(C)C)nn3)c2)cc1OC. The lowest BCUT2D eigenvalue weighted by Gasteiger charge is -2.40. The van der Waals surface area contributed by atoms with Gasteiger partial charge in [0, 0.05) is 26.1 Å². The molecule has 101 heavy (non-hydrogen) atoms. The highest BCUT2D eigenvalue weighted by atomic mass is 32.1. The Hall–Kier alpha value is -8.40. The van der Waals surface area contributed by atoms with Crippen LogP contribution in [-0.4, -0.2) is 190 Å². The van der Waals surface area contributed by atoms with Gasteiger partial charge >= 0.3 is 5.97 Å². The number of hydrogen-bond donors (Lipinski definition) is 3. The van der Waals surface area contributed by atoms with E-state index in [0.717, 1.165) is 83.3 Å². The summed E-state index contributed by atoms with van der Waals surface area (Å²) in [7, 11) is 7.88. The quantitative estimate of drug-likeness (QED) is 0.0242. The van der Waals surface area contributed by atoms with Gasteiger partial charge in [0.15, 0.2) is 23.0 Å². The van der Waals surface area contributed by atoms with Crippen molar-refractivity contribution in [3.63, 3.8) is 0 Å². The number of hydrogen-bond acceptors (Lipinski definition) is 21. The van der Waals surface area contributed by atoms with E-state index in [4.69, 9.17) is 52.1 Å². The number of nitrogens with zero attached hydrogens (tertiary/aromatic N) is 6. The molecule has 2 saturated heterocycles. The van der Waals surface area contributed by atoms with Crippen LogP contribution in [0.25, 0.3) is 10.4 Å². The molecule has 2 aromatic heterocycles. The van der Waals surface area contributed by atoms with Crippen molar-refractivity contribution in [2.45, 2.75) is 154 Å². The highest BCUT2D eigenvalue weighted by Gasteiger charge is 2.45. The molecule has 3 N–H and O–H groups in total. The molecule has 0 bridgehead atoms. The van der Waals surface area contributed by atoms with Crippen LogP contribution in [0.1, 0.15) is 131 Å². The van der Waals surface area contributed by atoms with Crippen LogP contribution in [-0.2, 0) is 73.8 Å². The number of aliphatic hydroxyl groups excluding tert-OH is 1. The zero-order valence-corrected chi connectivity index (χ0v) is 60.6. The fourth-order valence-electron chi connectivity index (χ4n) is 13.3. The normalized spacial score (nSPS) is 17.3. The monoisotopic (exact) mass is 1420 g/mol. The number of esters is 1. The maximum absolute atomic E-state index is 15.3. The fourth-order valence-corrected chi connectivity index (χ4v) is 14.1. The summed E-state index contributed by atoms with van der Waals surface area (Å²) in [6.45, 7) is 10.3. The molecule has 0 radical (unpaired) electrons. The number of methoxy groups -OCH3 is 5. The Kier molecular flexibility index (Phi) is 28.9. The first-order chi connectivity index (χ1) is 48.9. The standard InChI is InChI=1S/C75H100N8O17S/c1-49-69(101-48-77-49)53-25-21-51(22-26-53)43-76-71(86)60-42-57(84)45-83(60)73(88)70(75(2,3)4)78-66(85)47-98-37-36-97-35-34-96-33-32-95-31-30-81-44-56(79-80-81)46-99-58-19-15-18-54(39-58)61(27-23-50-24-28-62(90-5)63(38-50)91-6)100-74(89)59-20-13-14-29-82(59)72(87)67(52-16-11-10-12-17-52)55-40-64(92-7)68(94-9)65(41-55)93-8/h15,18-19,21-22,24-26,28,38-41,44,48,52,57,59-61,67,70,84H,10-14,16-17,20,23,27,29-37,42-43,45-47H2,1-9H3,(H,76,86)(H,78,85)/t57-,59-,60+,61+,67+,70-/m1/s1. The van der Waals surface area contributed by atoms with Crippen molar-refractivity contribution < 1.29 is 81.2 Å². The third kappa shape index (κ3) is 21.3. The van der Waals surface area contributed by atoms with Gasteiger partial charge in [0.05, 0.1) is 123 Å². The predicted molar refractivity (Wildman–Crippen MR) is 377 cm³/mol. The lowest BCUT2D eigenvalue weighted by molar-refractivity contribution is -0.163. The number of aryl methyl sites for hydroxylation is 2. The first kappa shape index (κ1) is 76.8. The Morgan fingerprint density at radius 2 is 1.37 bits per heavy atom. The Bertz CT molecular complexity index is 3620. The molecule has 9 rings (SSSR count). The number of likely N-dealkylation sites (tertiary alicyclic amines) is 2. The van der Waals surface area contributed by atoms with Gasteiger partial charge in [-0.2, -0.15) is 0 Å². The highest BCUT2D eigenvalue weighted by Crippen LogP contribution is 2.46. The largest absolute Gasteiger partial charge is 0.493 e. The second kappa shape index (κ2) is 38.0. The number of carbonyl (C=O) groups is 5. The molecule has 4 heterocycles. The van der Waals surface area contributed by atoms with Gasteiger partial charge in [-0.1, -0.05) is 87.7 Å². The summed E-state index contributed by atoms with van der Waals surface area (Å²) < 4.78 is 65.6. The van der Waals surface area contributed by atoms with Crippen LogP contribution in [0.15, 0.2) is 90.6 Å². The molecular formula is C75H100N8O17S. The van der Waals surface area contributed by atoms with Crippen molar-refractivity contribution in [1.82, 2.24) is 40.4 Å². The van der Waals surface area contributed by atoms with Gasteiger partial charge in [0.2, 0.25) is 29.4 Å². The smallest absolute Gasteiger partial charge is 0.329 e. The summed E-state index contributed by atoms with van der Waals surface area (Å²) in [4.78, 5) is 79.3. The number of benzene rings is 4. The highest BCUT2D eigenvalue weighted by molar-refractivity contribution is 7.13. The third-order valence-electron chi connectivity index (χ3n) is 18.6. The Morgan fingerprint density at radius 1 is 0.693 bits per heavy atom. The number of β-amino-alcohol motifs (C(OH)–C–C–N with tert-alkyl or cyclic N) is 1. The minimum atomic E-state index is -0.991.